The summed E-state index contributed by atoms with van der Waals surface area (Å²) in [5.41, 5.74) is 1.20. The van der Waals surface area contributed by atoms with Gasteiger partial charge in [0.05, 0.1) is 13.7 Å². The summed E-state index contributed by atoms with van der Waals surface area (Å²) in [4.78, 5) is 37.5. The molecule has 0 radical (unpaired) electrons. The van der Waals surface area contributed by atoms with Crippen molar-refractivity contribution in [2.45, 2.75) is 26.3 Å². The third-order valence-electron chi connectivity index (χ3n) is 3.55. The largest absolute Gasteiger partial charge is 0.453 e. The Hall–Kier alpha value is -3.01. The molecular formula is C19H25N3O4. The molecule has 2 N–H and O–H groups in total. The highest BCUT2D eigenvalue weighted by Crippen LogP contribution is 2.11. The van der Waals surface area contributed by atoms with Gasteiger partial charge in [-0.2, -0.15) is 0 Å². The molecule has 7 heteroatoms. The number of carbonyl (C=O) groups is 3. The first-order valence-corrected chi connectivity index (χ1v) is 8.22. The van der Waals surface area contributed by atoms with Crippen molar-refractivity contribution in [2.24, 2.45) is 5.92 Å². The van der Waals surface area contributed by atoms with Gasteiger partial charge in [-0.1, -0.05) is 25.8 Å². The number of likely N-dealkylation sites (N-methyl/N-ethyl adjacent to an activating group) is 1. The summed E-state index contributed by atoms with van der Waals surface area (Å²) in [6.07, 6.45) is 5.08. The molecule has 0 bridgehead atoms. The van der Waals surface area contributed by atoms with Crippen molar-refractivity contribution < 1.29 is 19.1 Å². The van der Waals surface area contributed by atoms with E-state index >= 15 is 0 Å². The molecule has 140 valence electrons. The van der Waals surface area contributed by atoms with Gasteiger partial charge in [0.2, 0.25) is 11.8 Å². The number of nitrogens with zero attached hydrogens (tertiary/aromatic N) is 1. The monoisotopic (exact) mass is 359 g/mol. The Bertz CT molecular complexity index is 694. The molecule has 0 aliphatic rings. The number of carbonyl (C=O) groups excluding carboxylic acids is 3. The van der Waals surface area contributed by atoms with Crippen LogP contribution in [0.4, 0.5) is 10.5 Å². The predicted molar refractivity (Wildman–Crippen MR) is 99.4 cm³/mol. The van der Waals surface area contributed by atoms with Crippen LogP contribution in [0.3, 0.4) is 0 Å². The molecule has 1 unspecified atom stereocenters. The van der Waals surface area contributed by atoms with E-state index in [0.29, 0.717) is 17.7 Å². The number of hydrogen-bond acceptors (Lipinski definition) is 4. The third kappa shape index (κ3) is 6.85. The number of methoxy groups -OCH3 is 1. The lowest BCUT2D eigenvalue weighted by Crippen LogP contribution is -2.49. The van der Waals surface area contributed by atoms with Gasteiger partial charge in [-0.15, -0.1) is 6.42 Å². The average molecular weight is 359 g/mol. The lowest BCUT2D eigenvalue weighted by atomic mass is 10.0. The zero-order valence-electron chi connectivity index (χ0n) is 15.5. The van der Waals surface area contributed by atoms with E-state index in [4.69, 9.17) is 6.42 Å². The summed E-state index contributed by atoms with van der Waals surface area (Å²) in [5, 5.41) is 5.20. The van der Waals surface area contributed by atoms with Gasteiger partial charge in [-0.3, -0.25) is 9.59 Å². The van der Waals surface area contributed by atoms with Crippen LogP contribution in [0.15, 0.2) is 24.3 Å². The van der Waals surface area contributed by atoms with E-state index in [0.717, 1.165) is 0 Å². The number of ether oxygens (including phenoxy) is 1. The molecule has 0 aliphatic carbocycles. The highest BCUT2D eigenvalue weighted by atomic mass is 16.5. The van der Waals surface area contributed by atoms with Crippen LogP contribution in [-0.2, 0) is 14.3 Å². The molecule has 0 spiro atoms. The number of benzene rings is 1. The second-order valence-electron chi connectivity index (χ2n) is 6.29. The van der Waals surface area contributed by atoms with Crippen LogP contribution in [-0.4, -0.2) is 49.6 Å². The Kier molecular flexibility index (Phi) is 8.16. The molecule has 7 nitrogen and oxygen atoms in total. The molecule has 0 heterocycles. The Balaban J connectivity index is 2.71. The fraction of sp³-hybridized carbons (Fsp3) is 0.421. The van der Waals surface area contributed by atoms with Gasteiger partial charge >= 0.3 is 6.09 Å². The summed E-state index contributed by atoms with van der Waals surface area (Å²) >= 11 is 0. The van der Waals surface area contributed by atoms with Crippen molar-refractivity contribution in [1.82, 2.24) is 10.2 Å². The maximum Gasteiger partial charge on any atom is 0.407 e. The number of rotatable bonds is 7. The first-order chi connectivity index (χ1) is 12.3. The number of anilines is 1. The smallest absolute Gasteiger partial charge is 0.407 e. The van der Waals surface area contributed by atoms with E-state index in [1.54, 1.807) is 24.3 Å². The Morgan fingerprint density at radius 3 is 2.58 bits per heavy atom. The predicted octanol–water partition coefficient (Wildman–Crippen LogP) is 1.84. The number of nitrogens with one attached hydrogen (secondary N) is 2. The molecule has 0 saturated heterocycles. The molecule has 1 atom stereocenters. The first-order valence-electron chi connectivity index (χ1n) is 8.22. The van der Waals surface area contributed by atoms with Crippen LogP contribution in [0, 0.1) is 18.3 Å². The number of hydrogen-bond donors (Lipinski definition) is 2. The molecule has 0 saturated carbocycles. The van der Waals surface area contributed by atoms with Crippen molar-refractivity contribution >= 4 is 23.6 Å². The van der Waals surface area contributed by atoms with Crippen molar-refractivity contribution in [1.29, 1.82) is 0 Å². The molecule has 3 amide bonds. The van der Waals surface area contributed by atoms with Crippen LogP contribution in [0.5, 0.6) is 0 Å². The Labute approximate surface area is 154 Å². The highest BCUT2D eigenvalue weighted by Gasteiger charge is 2.26. The maximum atomic E-state index is 12.6. The average Bonchev–Trinajstić information content (AvgIpc) is 2.59. The van der Waals surface area contributed by atoms with Gasteiger partial charge in [0.15, 0.2) is 0 Å². The fourth-order valence-corrected chi connectivity index (χ4v) is 2.34. The summed E-state index contributed by atoms with van der Waals surface area (Å²) < 4.78 is 4.56. The van der Waals surface area contributed by atoms with Crippen molar-refractivity contribution in [3.8, 4) is 12.3 Å². The number of terminal acetylenes is 1. The molecular weight excluding hydrogens is 334 g/mol. The Morgan fingerprint density at radius 1 is 1.31 bits per heavy atom. The molecule has 0 aromatic heterocycles. The van der Waals surface area contributed by atoms with Gasteiger partial charge in [-0.25, -0.2) is 4.79 Å². The van der Waals surface area contributed by atoms with Crippen LogP contribution in [0.25, 0.3) is 0 Å². The Morgan fingerprint density at radius 2 is 2.00 bits per heavy atom. The third-order valence-corrected chi connectivity index (χ3v) is 3.55. The summed E-state index contributed by atoms with van der Waals surface area (Å²) in [6, 6.07) is 6.10. The minimum atomic E-state index is -0.759. The van der Waals surface area contributed by atoms with Gasteiger partial charge < -0.3 is 20.3 Å². The molecule has 26 heavy (non-hydrogen) atoms. The topological polar surface area (TPSA) is 87.7 Å². The van der Waals surface area contributed by atoms with Crippen LogP contribution in [0.2, 0.25) is 0 Å². The lowest BCUT2D eigenvalue weighted by molar-refractivity contribution is -0.135. The number of alkyl carbamates (subject to hydrolysis) is 1. The van der Waals surface area contributed by atoms with Crippen LogP contribution >= 0.6 is 0 Å². The van der Waals surface area contributed by atoms with E-state index < -0.39 is 12.1 Å². The van der Waals surface area contributed by atoms with Crippen molar-refractivity contribution in [3.05, 3.63) is 29.8 Å². The standard InChI is InChI=1S/C19H25N3O4/c1-6-14-8-7-9-15(11-14)20-17(23)12-22(4)18(24)16(10-13(2)3)21-19(25)26-5/h1,7-9,11,13,16H,10,12H2,2-5H3,(H,20,23)(H,21,25). The molecule has 1 aromatic carbocycles. The SMILES string of the molecule is C#Cc1cccc(NC(=O)CN(C)C(=O)C(CC(C)C)NC(=O)OC)c1. The van der Waals surface area contributed by atoms with Gasteiger partial charge in [0.25, 0.3) is 0 Å². The van der Waals surface area contributed by atoms with Crippen LogP contribution in [0.1, 0.15) is 25.8 Å². The normalized spacial score (nSPS) is 11.2. The molecule has 1 rings (SSSR count). The van der Waals surface area contributed by atoms with E-state index in [9.17, 15) is 14.4 Å². The first kappa shape index (κ1) is 21.0. The summed E-state index contributed by atoms with van der Waals surface area (Å²) in [5.74, 6) is 1.94. The van der Waals surface area contributed by atoms with Crippen molar-refractivity contribution in [3.63, 3.8) is 0 Å². The second-order valence-corrected chi connectivity index (χ2v) is 6.29. The van der Waals surface area contributed by atoms with Gasteiger partial charge in [0, 0.05) is 18.3 Å². The van der Waals surface area contributed by atoms with Crippen LogP contribution < -0.4 is 10.6 Å². The molecule has 1 aromatic rings. The van der Waals surface area contributed by atoms with E-state index in [1.165, 1.54) is 19.1 Å². The van der Waals surface area contributed by atoms with E-state index in [-0.39, 0.29) is 24.3 Å². The maximum absolute atomic E-state index is 12.6. The summed E-state index contributed by atoms with van der Waals surface area (Å²) in [6.45, 7) is 3.71. The lowest BCUT2D eigenvalue weighted by Gasteiger charge is -2.25. The second kappa shape index (κ2) is 10.1. The van der Waals surface area contributed by atoms with E-state index in [1.807, 2.05) is 13.8 Å². The number of amides is 3. The van der Waals surface area contributed by atoms with E-state index in [2.05, 4.69) is 21.3 Å². The summed E-state index contributed by atoms with van der Waals surface area (Å²) in [7, 11) is 2.74. The van der Waals surface area contributed by atoms with Gasteiger partial charge in [-0.05, 0) is 30.5 Å². The molecule has 0 fully saturated rings. The quantitative estimate of drug-likeness (QED) is 0.727. The van der Waals surface area contributed by atoms with Gasteiger partial charge in [0.1, 0.15) is 6.04 Å². The van der Waals surface area contributed by atoms with Crippen molar-refractivity contribution in [2.75, 3.05) is 26.0 Å². The minimum Gasteiger partial charge on any atom is -0.453 e. The zero-order valence-corrected chi connectivity index (χ0v) is 15.5. The highest BCUT2D eigenvalue weighted by molar-refractivity contribution is 5.95. The molecule has 0 aliphatic heterocycles. The minimum absolute atomic E-state index is 0.156. The fourth-order valence-electron chi connectivity index (χ4n) is 2.34. The zero-order chi connectivity index (χ0) is 19.7.